The van der Waals surface area contributed by atoms with Crippen LogP contribution >= 0.6 is 0 Å². The fraction of sp³-hybridized carbons (Fsp3) is 0.545. The van der Waals surface area contributed by atoms with Crippen LogP contribution in [0.15, 0.2) is 30.5 Å². The van der Waals surface area contributed by atoms with Crippen LogP contribution in [0.1, 0.15) is 75.5 Å². The van der Waals surface area contributed by atoms with E-state index in [0.717, 1.165) is 43.0 Å². The van der Waals surface area contributed by atoms with Crippen LogP contribution in [0, 0.1) is 5.92 Å². The maximum atomic E-state index is 12.3. The zero-order chi connectivity index (χ0) is 20.1. The molecular weight excluding hydrogens is 350 g/mol. The maximum absolute atomic E-state index is 12.3. The van der Waals surface area contributed by atoms with E-state index >= 15 is 0 Å². The smallest absolute Gasteiger partial charge is 0.269 e. The quantitative estimate of drug-likeness (QED) is 0.816. The number of carbonyl (C=O) groups is 1. The third kappa shape index (κ3) is 5.06. The predicted octanol–water partition coefficient (Wildman–Crippen LogP) is 4.01. The van der Waals surface area contributed by atoms with E-state index in [1.165, 1.54) is 0 Å². The average Bonchev–Trinajstić information content (AvgIpc) is 2.72. The van der Waals surface area contributed by atoms with E-state index in [9.17, 15) is 4.79 Å². The standard InChI is InChI=1S/C22H31N5O.H2/c1-15(2)18-5-6-20(23-14-18)22(28)24-13-17-9-11-27(12-10-17)21-8-7-19(16(3)4)25-26-21;/h5-8,14-17H,9-13H2,1-4H3,(H,24,28);1H. The van der Waals surface area contributed by atoms with Gasteiger partial charge in [-0.05, 0) is 54.4 Å². The Morgan fingerprint density at radius 3 is 2.39 bits per heavy atom. The van der Waals surface area contributed by atoms with E-state index in [2.05, 4.69) is 65.2 Å². The minimum absolute atomic E-state index is 0. The van der Waals surface area contributed by atoms with Crippen molar-refractivity contribution < 1.29 is 6.22 Å². The van der Waals surface area contributed by atoms with E-state index in [1.54, 1.807) is 6.20 Å². The first-order valence-electron chi connectivity index (χ1n) is 10.3. The van der Waals surface area contributed by atoms with Gasteiger partial charge < -0.3 is 10.2 Å². The van der Waals surface area contributed by atoms with E-state index in [4.69, 9.17) is 0 Å². The molecule has 1 aliphatic rings. The number of nitrogens with zero attached hydrogens (tertiary/aromatic N) is 4. The summed E-state index contributed by atoms with van der Waals surface area (Å²) in [7, 11) is 0. The van der Waals surface area contributed by atoms with Gasteiger partial charge in [-0.15, -0.1) is 5.10 Å². The number of aromatic nitrogens is 3. The topological polar surface area (TPSA) is 71.0 Å². The molecule has 0 spiro atoms. The predicted molar refractivity (Wildman–Crippen MR) is 114 cm³/mol. The summed E-state index contributed by atoms with van der Waals surface area (Å²) in [5, 5.41) is 11.8. The van der Waals surface area contributed by atoms with Crippen molar-refractivity contribution in [1.82, 2.24) is 20.5 Å². The molecule has 0 saturated carbocycles. The Hall–Kier alpha value is -2.50. The lowest BCUT2D eigenvalue weighted by Crippen LogP contribution is -2.39. The molecule has 3 heterocycles. The number of piperidine rings is 1. The maximum Gasteiger partial charge on any atom is 0.269 e. The van der Waals surface area contributed by atoms with Crippen LogP contribution in [0.25, 0.3) is 0 Å². The van der Waals surface area contributed by atoms with Gasteiger partial charge in [-0.25, -0.2) is 0 Å². The second-order valence-corrected chi connectivity index (χ2v) is 8.24. The summed E-state index contributed by atoms with van der Waals surface area (Å²) in [5.41, 5.74) is 2.66. The Kier molecular flexibility index (Phi) is 6.60. The van der Waals surface area contributed by atoms with Gasteiger partial charge in [0.15, 0.2) is 5.82 Å². The highest BCUT2D eigenvalue weighted by molar-refractivity contribution is 5.92. The van der Waals surface area contributed by atoms with Gasteiger partial charge >= 0.3 is 0 Å². The Balaban J connectivity index is 0.00000300. The summed E-state index contributed by atoms with van der Waals surface area (Å²) >= 11 is 0. The SMILES string of the molecule is CC(C)c1ccc(C(=O)NCC2CCN(c3ccc(C(C)C)nn3)CC2)nc1.[HH]. The summed E-state index contributed by atoms with van der Waals surface area (Å²) < 4.78 is 0. The summed E-state index contributed by atoms with van der Waals surface area (Å²) in [4.78, 5) is 18.9. The number of anilines is 1. The third-order valence-electron chi connectivity index (χ3n) is 5.44. The van der Waals surface area contributed by atoms with Crippen molar-refractivity contribution >= 4 is 11.7 Å². The van der Waals surface area contributed by atoms with Gasteiger partial charge in [0.2, 0.25) is 0 Å². The van der Waals surface area contributed by atoms with Gasteiger partial charge in [-0.3, -0.25) is 9.78 Å². The second-order valence-electron chi connectivity index (χ2n) is 8.24. The van der Waals surface area contributed by atoms with Gasteiger partial charge in [0, 0.05) is 27.3 Å². The van der Waals surface area contributed by atoms with Gasteiger partial charge in [0.05, 0.1) is 5.69 Å². The van der Waals surface area contributed by atoms with Crippen LogP contribution in [0.2, 0.25) is 0 Å². The number of nitrogens with one attached hydrogen (secondary N) is 1. The molecule has 0 radical (unpaired) electrons. The minimum atomic E-state index is -0.0899. The molecule has 0 aromatic carbocycles. The molecule has 1 N–H and O–H groups in total. The molecule has 152 valence electrons. The number of carbonyl (C=O) groups excluding carboxylic acids is 1. The molecule has 2 aromatic rings. The lowest BCUT2D eigenvalue weighted by atomic mass is 9.96. The molecule has 6 heteroatoms. The first-order chi connectivity index (χ1) is 13.4. The fourth-order valence-electron chi connectivity index (χ4n) is 3.39. The highest BCUT2D eigenvalue weighted by Gasteiger charge is 2.21. The summed E-state index contributed by atoms with van der Waals surface area (Å²) in [6.07, 6.45) is 3.87. The molecule has 1 fully saturated rings. The highest BCUT2D eigenvalue weighted by Crippen LogP contribution is 2.22. The summed E-state index contributed by atoms with van der Waals surface area (Å²) in [6, 6.07) is 7.93. The molecule has 6 nitrogen and oxygen atoms in total. The molecule has 3 rings (SSSR count). The van der Waals surface area contributed by atoms with Crippen molar-refractivity contribution in [3.05, 3.63) is 47.4 Å². The molecule has 1 amide bonds. The van der Waals surface area contributed by atoms with E-state index < -0.39 is 0 Å². The zero-order valence-electron chi connectivity index (χ0n) is 17.4. The number of amides is 1. The first-order valence-corrected chi connectivity index (χ1v) is 10.3. The highest BCUT2D eigenvalue weighted by atomic mass is 16.1. The Morgan fingerprint density at radius 1 is 1.11 bits per heavy atom. The number of pyridine rings is 1. The first kappa shape index (κ1) is 20.2. The van der Waals surface area contributed by atoms with Crippen molar-refractivity contribution in [3.63, 3.8) is 0 Å². The normalized spacial score (nSPS) is 15.3. The van der Waals surface area contributed by atoms with E-state index in [1.807, 2.05) is 12.1 Å². The van der Waals surface area contributed by atoms with Crippen molar-refractivity contribution in [2.24, 2.45) is 5.92 Å². The van der Waals surface area contributed by atoms with Crippen LogP contribution < -0.4 is 10.2 Å². The van der Waals surface area contributed by atoms with Crippen molar-refractivity contribution in [2.75, 3.05) is 24.5 Å². The second kappa shape index (κ2) is 9.13. The Bertz CT molecular complexity index is 769. The summed E-state index contributed by atoms with van der Waals surface area (Å²) in [6.45, 7) is 11.1. The molecule has 1 aliphatic heterocycles. The van der Waals surface area contributed by atoms with Crippen LogP contribution in [-0.4, -0.2) is 40.7 Å². The number of hydrogen-bond acceptors (Lipinski definition) is 5. The lowest BCUT2D eigenvalue weighted by Gasteiger charge is -2.32. The molecule has 1 saturated heterocycles. The number of rotatable bonds is 6. The van der Waals surface area contributed by atoms with Gasteiger partial charge in [0.1, 0.15) is 5.69 Å². The monoisotopic (exact) mass is 383 g/mol. The minimum Gasteiger partial charge on any atom is -0.355 e. The lowest BCUT2D eigenvalue weighted by molar-refractivity contribution is 0.0940. The molecule has 2 aromatic heterocycles. The van der Waals surface area contributed by atoms with Gasteiger partial charge in [-0.2, -0.15) is 5.10 Å². The van der Waals surface area contributed by atoms with Crippen molar-refractivity contribution in [2.45, 2.75) is 52.4 Å². The molecule has 0 aliphatic carbocycles. The van der Waals surface area contributed by atoms with Crippen molar-refractivity contribution in [3.8, 4) is 0 Å². The van der Waals surface area contributed by atoms with Crippen LogP contribution in [0.4, 0.5) is 5.82 Å². The number of hydrogen-bond donors (Lipinski definition) is 1. The van der Waals surface area contributed by atoms with Crippen LogP contribution in [0.3, 0.4) is 0 Å². The summed E-state index contributed by atoms with van der Waals surface area (Å²) in [5.74, 6) is 2.15. The van der Waals surface area contributed by atoms with Gasteiger partial charge in [-0.1, -0.05) is 33.8 Å². The molecular formula is C22H33N5O. The third-order valence-corrected chi connectivity index (χ3v) is 5.44. The van der Waals surface area contributed by atoms with E-state index in [0.29, 0.717) is 30.0 Å². The van der Waals surface area contributed by atoms with Gasteiger partial charge in [0.25, 0.3) is 5.91 Å². The average molecular weight is 384 g/mol. The Labute approximate surface area is 169 Å². The van der Waals surface area contributed by atoms with E-state index in [-0.39, 0.29) is 7.33 Å². The van der Waals surface area contributed by atoms with Crippen LogP contribution in [-0.2, 0) is 0 Å². The van der Waals surface area contributed by atoms with Crippen molar-refractivity contribution in [1.29, 1.82) is 0 Å². The zero-order valence-corrected chi connectivity index (χ0v) is 17.4. The van der Waals surface area contributed by atoms with Crippen LogP contribution in [0.5, 0.6) is 0 Å². The largest absolute Gasteiger partial charge is 0.355 e. The fourth-order valence-corrected chi connectivity index (χ4v) is 3.39. The Morgan fingerprint density at radius 2 is 1.86 bits per heavy atom. The molecule has 28 heavy (non-hydrogen) atoms. The molecule has 0 atom stereocenters. The molecule has 0 bridgehead atoms. The molecule has 0 unspecified atom stereocenters.